The van der Waals surface area contributed by atoms with Crippen LogP contribution in [0.3, 0.4) is 0 Å². The number of hydrogen-bond donors (Lipinski definition) is 2. The first kappa shape index (κ1) is 13.5. The van der Waals surface area contributed by atoms with Gasteiger partial charge in [-0.2, -0.15) is 0 Å². The number of phenols is 1. The summed E-state index contributed by atoms with van der Waals surface area (Å²) in [5, 5.41) is 12.6. The lowest BCUT2D eigenvalue weighted by atomic mass is 10.1. The average Bonchev–Trinajstić information content (AvgIpc) is 2.47. The minimum atomic E-state index is -0.435. The van der Waals surface area contributed by atoms with Gasteiger partial charge >= 0.3 is 0 Å². The van der Waals surface area contributed by atoms with Crippen LogP contribution in [-0.4, -0.2) is 18.1 Å². The van der Waals surface area contributed by atoms with Crippen molar-refractivity contribution in [2.45, 2.75) is 0 Å². The molecule has 2 aromatic rings. The molecule has 1 amide bonds. The highest BCUT2D eigenvalue weighted by atomic mass is 16.5. The van der Waals surface area contributed by atoms with Crippen LogP contribution in [0, 0.1) is 12.3 Å². The molecule has 4 heteroatoms. The second-order valence-corrected chi connectivity index (χ2v) is 4.04. The van der Waals surface area contributed by atoms with Crippen LogP contribution in [0.2, 0.25) is 0 Å². The Balaban J connectivity index is 2.26. The quantitative estimate of drug-likeness (QED) is 0.840. The number of nitrogens with one attached hydrogen (secondary N) is 1. The van der Waals surface area contributed by atoms with E-state index < -0.39 is 5.91 Å². The first-order valence-corrected chi connectivity index (χ1v) is 5.89. The maximum absolute atomic E-state index is 12.1. The average molecular weight is 267 g/mol. The summed E-state index contributed by atoms with van der Waals surface area (Å²) < 4.78 is 4.97. The molecule has 2 N–H and O–H groups in total. The SMILES string of the molecule is C#Cc1cccc(NC(=O)c2cccc(OC)c2O)c1. The Labute approximate surface area is 117 Å². The number of para-hydroxylation sites is 1. The Bertz CT molecular complexity index is 686. The maximum Gasteiger partial charge on any atom is 0.259 e. The van der Waals surface area contributed by atoms with E-state index in [2.05, 4.69) is 11.2 Å². The van der Waals surface area contributed by atoms with Crippen molar-refractivity contribution in [1.82, 2.24) is 0 Å². The molecule has 0 aliphatic heterocycles. The van der Waals surface area contributed by atoms with Crippen LogP contribution in [0.5, 0.6) is 11.5 Å². The highest BCUT2D eigenvalue weighted by Crippen LogP contribution is 2.29. The van der Waals surface area contributed by atoms with Crippen LogP contribution >= 0.6 is 0 Å². The summed E-state index contributed by atoms with van der Waals surface area (Å²) in [6.07, 6.45) is 5.30. The number of terminal acetylenes is 1. The molecule has 0 fully saturated rings. The fourth-order valence-corrected chi connectivity index (χ4v) is 1.76. The van der Waals surface area contributed by atoms with Crippen LogP contribution in [-0.2, 0) is 0 Å². The standard InChI is InChI=1S/C16H13NO3/c1-3-11-6-4-7-12(10-11)17-16(19)13-8-5-9-14(20-2)15(13)18/h1,4-10,18H,2H3,(H,17,19). The van der Waals surface area contributed by atoms with E-state index in [1.54, 1.807) is 36.4 Å². The number of ether oxygens (including phenoxy) is 1. The van der Waals surface area contributed by atoms with E-state index in [1.807, 2.05) is 0 Å². The number of carbonyl (C=O) groups excluding carboxylic acids is 1. The molecule has 100 valence electrons. The number of rotatable bonds is 3. The number of amides is 1. The molecule has 4 nitrogen and oxygen atoms in total. The van der Waals surface area contributed by atoms with Gasteiger partial charge in [0.2, 0.25) is 0 Å². The van der Waals surface area contributed by atoms with Gasteiger partial charge < -0.3 is 15.2 Å². The molecule has 2 aromatic carbocycles. The Hall–Kier alpha value is -2.93. The monoisotopic (exact) mass is 267 g/mol. The molecule has 0 saturated carbocycles. The summed E-state index contributed by atoms with van der Waals surface area (Å²) >= 11 is 0. The largest absolute Gasteiger partial charge is 0.504 e. The predicted octanol–water partition coefficient (Wildman–Crippen LogP) is 2.63. The molecule has 2 rings (SSSR count). The highest BCUT2D eigenvalue weighted by Gasteiger charge is 2.14. The third-order valence-corrected chi connectivity index (χ3v) is 2.75. The number of methoxy groups -OCH3 is 1. The summed E-state index contributed by atoms with van der Waals surface area (Å²) in [5.41, 5.74) is 1.36. The molecule has 20 heavy (non-hydrogen) atoms. The summed E-state index contributed by atoms with van der Waals surface area (Å²) in [7, 11) is 1.42. The Kier molecular flexibility index (Phi) is 3.92. The fraction of sp³-hybridized carbons (Fsp3) is 0.0625. The maximum atomic E-state index is 12.1. The molecule has 0 spiro atoms. The van der Waals surface area contributed by atoms with E-state index in [0.29, 0.717) is 11.3 Å². The number of aromatic hydroxyl groups is 1. The van der Waals surface area contributed by atoms with Gasteiger partial charge in [0, 0.05) is 11.3 Å². The summed E-state index contributed by atoms with van der Waals surface area (Å²) in [5.74, 6) is 2.11. The summed E-state index contributed by atoms with van der Waals surface area (Å²) in [6.45, 7) is 0. The molecule has 0 aliphatic rings. The molecule has 0 radical (unpaired) electrons. The van der Waals surface area contributed by atoms with Crippen LogP contribution in [0.4, 0.5) is 5.69 Å². The zero-order valence-corrected chi connectivity index (χ0v) is 10.9. The first-order valence-electron chi connectivity index (χ1n) is 5.89. The Morgan fingerprint density at radius 1 is 1.30 bits per heavy atom. The molecule has 0 aromatic heterocycles. The van der Waals surface area contributed by atoms with Gasteiger partial charge in [-0.3, -0.25) is 4.79 Å². The first-order chi connectivity index (χ1) is 9.65. The van der Waals surface area contributed by atoms with Crippen LogP contribution in [0.25, 0.3) is 0 Å². The van der Waals surface area contributed by atoms with E-state index >= 15 is 0 Å². The zero-order chi connectivity index (χ0) is 14.5. The molecule has 0 atom stereocenters. The smallest absolute Gasteiger partial charge is 0.259 e. The Morgan fingerprint density at radius 2 is 2.05 bits per heavy atom. The molecule has 0 heterocycles. The van der Waals surface area contributed by atoms with Gasteiger partial charge in [0.15, 0.2) is 11.5 Å². The molecule has 0 unspecified atom stereocenters. The van der Waals surface area contributed by atoms with Gasteiger partial charge in [0.05, 0.1) is 12.7 Å². The van der Waals surface area contributed by atoms with Gasteiger partial charge in [-0.15, -0.1) is 6.42 Å². The van der Waals surface area contributed by atoms with Crippen molar-refractivity contribution >= 4 is 11.6 Å². The molecule has 0 aliphatic carbocycles. The van der Waals surface area contributed by atoms with Crippen LogP contribution < -0.4 is 10.1 Å². The van der Waals surface area contributed by atoms with Gasteiger partial charge in [0.1, 0.15) is 0 Å². The lowest BCUT2D eigenvalue weighted by molar-refractivity contribution is 0.102. The minimum Gasteiger partial charge on any atom is -0.504 e. The van der Waals surface area contributed by atoms with Crippen LogP contribution in [0.1, 0.15) is 15.9 Å². The normalized spacial score (nSPS) is 9.60. The zero-order valence-electron chi connectivity index (χ0n) is 10.9. The summed E-state index contributed by atoms with van der Waals surface area (Å²) in [4.78, 5) is 12.1. The highest BCUT2D eigenvalue weighted by molar-refractivity contribution is 6.06. The van der Waals surface area contributed by atoms with Crippen molar-refractivity contribution in [3.8, 4) is 23.8 Å². The third-order valence-electron chi connectivity index (χ3n) is 2.75. The molecule has 0 bridgehead atoms. The summed E-state index contributed by atoms with van der Waals surface area (Å²) in [6, 6.07) is 11.6. The Morgan fingerprint density at radius 3 is 2.75 bits per heavy atom. The van der Waals surface area contributed by atoms with Crippen molar-refractivity contribution in [2.24, 2.45) is 0 Å². The minimum absolute atomic E-state index is 0.135. The lowest BCUT2D eigenvalue weighted by Gasteiger charge is -2.09. The second kappa shape index (κ2) is 5.81. The molecular formula is C16H13NO3. The molecular weight excluding hydrogens is 254 g/mol. The van der Waals surface area contributed by atoms with Crippen LogP contribution in [0.15, 0.2) is 42.5 Å². The van der Waals surface area contributed by atoms with Crippen molar-refractivity contribution in [1.29, 1.82) is 0 Å². The van der Waals surface area contributed by atoms with E-state index in [9.17, 15) is 9.90 Å². The topological polar surface area (TPSA) is 58.6 Å². The number of phenolic OH excluding ortho intramolecular Hbond substituents is 1. The van der Waals surface area contributed by atoms with Crippen molar-refractivity contribution in [3.05, 3.63) is 53.6 Å². The third kappa shape index (κ3) is 2.73. The van der Waals surface area contributed by atoms with Gasteiger partial charge in [-0.25, -0.2) is 0 Å². The van der Waals surface area contributed by atoms with E-state index in [4.69, 9.17) is 11.2 Å². The fourth-order valence-electron chi connectivity index (χ4n) is 1.76. The van der Waals surface area contributed by atoms with E-state index in [0.717, 1.165) is 0 Å². The molecule has 0 saturated heterocycles. The van der Waals surface area contributed by atoms with Gasteiger partial charge in [-0.1, -0.05) is 18.1 Å². The van der Waals surface area contributed by atoms with Gasteiger partial charge in [-0.05, 0) is 30.3 Å². The predicted molar refractivity (Wildman–Crippen MR) is 77.0 cm³/mol. The lowest BCUT2D eigenvalue weighted by Crippen LogP contribution is -2.12. The van der Waals surface area contributed by atoms with Crippen molar-refractivity contribution < 1.29 is 14.6 Å². The van der Waals surface area contributed by atoms with E-state index in [-0.39, 0.29) is 17.1 Å². The number of hydrogen-bond acceptors (Lipinski definition) is 3. The number of carbonyl (C=O) groups is 1. The van der Waals surface area contributed by atoms with E-state index in [1.165, 1.54) is 13.2 Å². The second-order valence-electron chi connectivity index (χ2n) is 4.04. The number of anilines is 1. The van der Waals surface area contributed by atoms with Crippen molar-refractivity contribution in [3.63, 3.8) is 0 Å². The van der Waals surface area contributed by atoms with Gasteiger partial charge in [0.25, 0.3) is 5.91 Å². The number of benzene rings is 2. The van der Waals surface area contributed by atoms with Crippen molar-refractivity contribution in [2.75, 3.05) is 12.4 Å².